The van der Waals surface area contributed by atoms with Gasteiger partial charge in [-0.3, -0.25) is 0 Å². The summed E-state index contributed by atoms with van der Waals surface area (Å²) in [5, 5.41) is 10.3. The van der Waals surface area contributed by atoms with Crippen molar-refractivity contribution in [1.29, 1.82) is 0 Å². The molecule has 110 valence electrons. The standard InChI is InChI=1S/C19H23NO/c1-13-7-9-18-16(11-13)5-4-10-20(18)15(3)17-8-6-14(2)12-19(17)21/h6-9,11-12,15,21H,4-5,10H2,1-3H3. The molecule has 0 aromatic heterocycles. The number of hydrogen-bond acceptors (Lipinski definition) is 2. The lowest BCUT2D eigenvalue weighted by atomic mass is 9.96. The predicted octanol–water partition coefficient (Wildman–Crippen LogP) is 4.52. The summed E-state index contributed by atoms with van der Waals surface area (Å²) >= 11 is 0. The van der Waals surface area contributed by atoms with E-state index in [1.165, 1.54) is 23.2 Å². The molecule has 1 heterocycles. The van der Waals surface area contributed by atoms with Gasteiger partial charge in [-0.2, -0.15) is 0 Å². The zero-order chi connectivity index (χ0) is 15.0. The van der Waals surface area contributed by atoms with E-state index in [2.05, 4.69) is 49.1 Å². The Morgan fingerprint density at radius 1 is 1.05 bits per heavy atom. The van der Waals surface area contributed by atoms with Crippen LogP contribution in [0.5, 0.6) is 5.75 Å². The third-order valence-corrected chi connectivity index (χ3v) is 4.49. The molecule has 1 unspecified atom stereocenters. The Kier molecular flexibility index (Phi) is 3.62. The van der Waals surface area contributed by atoms with Crippen LogP contribution in [-0.2, 0) is 6.42 Å². The van der Waals surface area contributed by atoms with Gasteiger partial charge >= 0.3 is 0 Å². The monoisotopic (exact) mass is 281 g/mol. The lowest BCUT2D eigenvalue weighted by Crippen LogP contribution is -2.32. The van der Waals surface area contributed by atoms with E-state index in [1.54, 1.807) is 0 Å². The van der Waals surface area contributed by atoms with E-state index in [0.717, 1.165) is 24.1 Å². The third-order valence-electron chi connectivity index (χ3n) is 4.49. The Hall–Kier alpha value is -1.96. The summed E-state index contributed by atoms with van der Waals surface area (Å²) in [6.45, 7) is 7.38. The molecule has 2 aromatic rings. The highest BCUT2D eigenvalue weighted by molar-refractivity contribution is 5.59. The molecule has 2 heteroatoms. The first-order chi connectivity index (χ1) is 10.1. The summed E-state index contributed by atoms with van der Waals surface area (Å²) in [7, 11) is 0. The van der Waals surface area contributed by atoms with Gasteiger partial charge in [0.1, 0.15) is 5.75 Å². The molecule has 1 N–H and O–H groups in total. The van der Waals surface area contributed by atoms with Gasteiger partial charge < -0.3 is 10.0 Å². The van der Waals surface area contributed by atoms with E-state index in [0.29, 0.717) is 5.75 Å². The lowest BCUT2D eigenvalue weighted by molar-refractivity contribution is 0.459. The van der Waals surface area contributed by atoms with Gasteiger partial charge in [-0.05, 0) is 56.9 Å². The van der Waals surface area contributed by atoms with Gasteiger partial charge in [0.05, 0.1) is 6.04 Å². The Bertz CT molecular complexity index is 663. The summed E-state index contributed by atoms with van der Waals surface area (Å²) in [4.78, 5) is 2.42. The average molecular weight is 281 g/mol. The van der Waals surface area contributed by atoms with Gasteiger partial charge in [0.15, 0.2) is 0 Å². The number of fused-ring (bicyclic) bond motifs is 1. The van der Waals surface area contributed by atoms with Crippen molar-refractivity contribution in [3.8, 4) is 5.75 Å². The number of rotatable bonds is 2. The Labute approximate surface area is 127 Å². The van der Waals surface area contributed by atoms with Crippen molar-refractivity contribution in [2.24, 2.45) is 0 Å². The summed E-state index contributed by atoms with van der Waals surface area (Å²) in [6, 6.07) is 12.9. The Balaban J connectivity index is 1.98. The molecule has 2 nitrogen and oxygen atoms in total. The van der Waals surface area contributed by atoms with Crippen molar-refractivity contribution >= 4 is 5.69 Å². The Morgan fingerprint density at radius 3 is 2.52 bits per heavy atom. The van der Waals surface area contributed by atoms with Gasteiger partial charge in [0.25, 0.3) is 0 Å². The number of phenolic OH excluding ortho intramolecular Hbond substituents is 1. The average Bonchev–Trinajstić information content (AvgIpc) is 2.45. The van der Waals surface area contributed by atoms with Crippen molar-refractivity contribution in [1.82, 2.24) is 0 Å². The zero-order valence-corrected chi connectivity index (χ0v) is 13.1. The molecule has 0 fully saturated rings. The van der Waals surface area contributed by atoms with Crippen LogP contribution in [0.2, 0.25) is 0 Å². The van der Waals surface area contributed by atoms with Crippen LogP contribution in [-0.4, -0.2) is 11.7 Å². The molecule has 0 bridgehead atoms. The second kappa shape index (κ2) is 5.44. The molecule has 0 aliphatic carbocycles. The first-order valence-corrected chi connectivity index (χ1v) is 7.72. The molecule has 0 spiro atoms. The van der Waals surface area contributed by atoms with E-state index in [1.807, 2.05) is 13.0 Å². The molecule has 1 aliphatic heterocycles. The summed E-state index contributed by atoms with van der Waals surface area (Å²) in [5.74, 6) is 0.404. The number of phenols is 1. The van der Waals surface area contributed by atoms with E-state index in [4.69, 9.17) is 0 Å². The van der Waals surface area contributed by atoms with E-state index in [-0.39, 0.29) is 6.04 Å². The number of benzene rings is 2. The van der Waals surface area contributed by atoms with Crippen molar-refractivity contribution in [2.45, 2.75) is 39.7 Å². The topological polar surface area (TPSA) is 23.5 Å². The number of hydrogen-bond donors (Lipinski definition) is 1. The molecule has 21 heavy (non-hydrogen) atoms. The minimum Gasteiger partial charge on any atom is -0.508 e. The highest BCUT2D eigenvalue weighted by atomic mass is 16.3. The molecule has 0 saturated carbocycles. The first kappa shape index (κ1) is 14.0. The largest absolute Gasteiger partial charge is 0.508 e. The second-order valence-electron chi connectivity index (χ2n) is 6.17. The van der Waals surface area contributed by atoms with Gasteiger partial charge in [-0.15, -0.1) is 0 Å². The van der Waals surface area contributed by atoms with E-state index in [9.17, 15) is 5.11 Å². The van der Waals surface area contributed by atoms with Crippen molar-refractivity contribution in [3.63, 3.8) is 0 Å². The molecule has 2 aromatic carbocycles. The zero-order valence-electron chi connectivity index (χ0n) is 13.1. The van der Waals surface area contributed by atoms with Crippen LogP contribution in [0, 0.1) is 13.8 Å². The molecule has 1 aliphatic rings. The van der Waals surface area contributed by atoms with Crippen LogP contribution in [0.1, 0.15) is 41.6 Å². The van der Waals surface area contributed by atoms with Crippen LogP contribution >= 0.6 is 0 Å². The molecular weight excluding hydrogens is 258 g/mol. The van der Waals surface area contributed by atoms with Gasteiger partial charge in [0, 0.05) is 17.8 Å². The summed E-state index contributed by atoms with van der Waals surface area (Å²) in [6.07, 6.45) is 2.33. The minimum absolute atomic E-state index is 0.187. The van der Waals surface area contributed by atoms with E-state index >= 15 is 0 Å². The molecule has 0 radical (unpaired) electrons. The maximum absolute atomic E-state index is 10.3. The summed E-state index contributed by atoms with van der Waals surface area (Å²) < 4.78 is 0. The van der Waals surface area contributed by atoms with Crippen molar-refractivity contribution in [3.05, 3.63) is 58.7 Å². The summed E-state index contributed by atoms with van der Waals surface area (Å²) in [5.41, 5.74) is 6.17. The van der Waals surface area contributed by atoms with Gasteiger partial charge in [0.2, 0.25) is 0 Å². The first-order valence-electron chi connectivity index (χ1n) is 7.72. The predicted molar refractivity (Wildman–Crippen MR) is 88.1 cm³/mol. The Morgan fingerprint density at radius 2 is 1.76 bits per heavy atom. The molecule has 1 atom stereocenters. The van der Waals surface area contributed by atoms with E-state index < -0.39 is 0 Å². The van der Waals surface area contributed by atoms with Crippen LogP contribution in [0.3, 0.4) is 0 Å². The quantitative estimate of drug-likeness (QED) is 0.874. The smallest absolute Gasteiger partial charge is 0.121 e. The maximum Gasteiger partial charge on any atom is 0.121 e. The third kappa shape index (κ3) is 2.63. The normalized spacial score (nSPS) is 15.7. The van der Waals surface area contributed by atoms with Crippen LogP contribution < -0.4 is 4.90 Å². The van der Waals surface area contributed by atoms with Crippen molar-refractivity contribution < 1.29 is 5.11 Å². The number of anilines is 1. The molecule has 3 rings (SSSR count). The van der Waals surface area contributed by atoms with Gasteiger partial charge in [-0.25, -0.2) is 0 Å². The van der Waals surface area contributed by atoms with Gasteiger partial charge in [-0.1, -0.05) is 29.8 Å². The second-order valence-corrected chi connectivity index (χ2v) is 6.17. The van der Waals surface area contributed by atoms with Crippen LogP contribution in [0.25, 0.3) is 0 Å². The molecule has 0 amide bonds. The number of aromatic hydroxyl groups is 1. The van der Waals surface area contributed by atoms with Crippen LogP contribution in [0.15, 0.2) is 36.4 Å². The molecular formula is C19H23NO. The maximum atomic E-state index is 10.3. The highest BCUT2D eigenvalue weighted by Gasteiger charge is 2.24. The fraction of sp³-hybridized carbons (Fsp3) is 0.368. The molecule has 0 saturated heterocycles. The fourth-order valence-electron chi connectivity index (χ4n) is 3.33. The van der Waals surface area contributed by atoms with Crippen LogP contribution in [0.4, 0.5) is 5.69 Å². The lowest BCUT2D eigenvalue weighted by Gasteiger charge is -2.37. The number of aryl methyl sites for hydroxylation is 3. The van der Waals surface area contributed by atoms with Crippen molar-refractivity contribution in [2.75, 3.05) is 11.4 Å². The SMILES string of the molecule is Cc1ccc(C(C)N2CCCc3cc(C)ccc32)c(O)c1. The number of nitrogens with zero attached hydrogens (tertiary/aromatic N) is 1. The fourth-order valence-corrected chi connectivity index (χ4v) is 3.33. The minimum atomic E-state index is 0.187. The highest BCUT2D eigenvalue weighted by Crippen LogP contribution is 2.37.